The van der Waals surface area contributed by atoms with Crippen LogP contribution in [0, 0.1) is 20.8 Å². The largest absolute Gasteiger partial charge is 0.377 e. The maximum absolute atomic E-state index is 12.9. The van der Waals surface area contributed by atoms with Crippen molar-refractivity contribution >= 4 is 5.91 Å². The molecule has 0 aromatic carbocycles. The summed E-state index contributed by atoms with van der Waals surface area (Å²) in [6.07, 6.45) is 5.42. The highest BCUT2D eigenvalue weighted by atomic mass is 16.5. The summed E-state index contributed by atoms with van der Waals surface area (Å²) in [6.45, 7) is 7.66. The Morgan fingerprint density at radius 3 is 2.80 bits per heavy atom. The zero-order valence-electron chi connectivity index (χ0n) is 15.1. The van der Waals surface area contributed by atoms with Gasteiger partial charge in [-0.3, -0.25) is 19.9 Å². The van der Waals surface area contributed by atoms with Crippen molar-refractivity contribution in [3.8, 4) is 0 Å². The van der Waals surface area contributed by atoms with Gasteiger partial charge < -0.3 is 9.64 Å². The maximum atomic E-state index is 12.9. The topological polar surface area (TPSA) is 84.0 Å². The van der Waals surface area contributed by atoms with Gasteiger partial charge in [0.05, 0.1) is 42.8 Å². The van der Waals surface area contributed by atoms with Crippen molar-refractivity contribution < 1.29 is 9.53 Å². The number of nitrogens with one attached hydrogen (secondary N) is 1. The number of nitrogens with zero attached hydrogens (tertiary/aromatic N) is 4. The van der Waals surface area contributed by atoms with E-state index in [9.17, 15) is 4.79 Å². The summed E-state index contributed by atoms with van der Waals surface area (Å²) >= 11 is 0. The molecule has 2 aromatic heterocycles. The lowest BCUT2D eigenvalue weighted by Crippen LogP contribution is -2.49. The third-order valence-corrected chi connectivity index (χ3v) is 4.85. The van der Waals surface area contributed by atoms with Gasteiger partial charge in [0.2, 0.25) is 5.91 Å². The van der Waals surface area contributed by atoms with Gasteiger partial charge in [0.1, 0.15) is 0 Å². The van der Waals surface area contributed by atoms with Crippen LogP contribution in [0.15, 0.2) is 12.4 Å². The fraction of sp³-hybridized carbons (Fsp3) is 0.556. The van der Waals surface area contributed by atoms with E-state index in [1.54, 1.807) is 12.4 Å². The van der Waals surface area contributed by atoms with Gasteiger partial charge in [-0.2, -0.15) is 5.10 Å². The molecular weight excluding hydrogens is 318 g/mol. The molecule has 0 aliphatic carbocycles. The van der Waals surface area contributed by atoms with Gasteiger partial charge in [0.15, 0.2) is 0 Å². The summed E-state index contributed by atoms with van der Waals surface area (Å²) in [5, 5.41) is 7.13. The van der Waals surface area contributed by atoms with Crippen molar-refractivity contribution in [2.45, 2.75) is 46.1 Å². The van der Waals surface area contributed by atoms with Gasteiger partial charge in [0.25, 0.3) is 0 Å². The molecule has 0 saturated carbocycles. The molecule has 7 nitrogen and oxygen atoms in total. The number of rotatable bonds is 5. The molecule has 1 N–H and O–H groups in total. The first-order valence-electron chi connectivity index (χ1n) is 8.70. The van der Waals surface area contributed by atoms with Crippen LogP contribution in [0.25, 0.3) is 0 Å². The van der Waals surface area contributed by atoms with Gasteiger partial charge in [-0.05, 0) is 33.6 Å². The minimum absolute atomic E-state index is 0.0789. The van der Waals surface area contributed by atoms with Gasteiger partial charge in [0, 0.05) is 30.2 Å². The number of H-pyrrole nitrogens is 1. The predicted molar refractivity (Wildman–Crippen MR) is 93.2 cm³/mol. The molecule has 0 radical (unpaired) electrons. The SMILES string of the molecule is Cc1nccnc1CCC1COCCN1C(=O)Cc1c(C)n[nH]c1C. The third-order valence-electron chi connectivity index (χ3n) is 4.85. The van der Waals surface area contributed by atoms with Crippen molar-refractivity contribution in [1.82, 2.24) is 25.1 Å². The van der Waals surface area contributed by atoms with Gasteiger partial charge >= 0.3 is 0 Å². The Morgan fingerprint density at radius 2 is 2.08 bits per heavy atom. The Labute approximate surface area is 147 Å². The Balaban J connectivity index is 1.66. The number of carbonyl (C=O) groups is 1. The van der Waals surface area contributed by atoms with E-state index < -0.39 is 0 Å². The fourth-order valence-electron chi connectivity index (χ4n) is 3.29. The lowest BCUT2D eigenvalue weighted by molar-refractivity contribution is -0.139. The van der Waals surface area contributed by atoms with E-state index >= 15 is 0 Å². The molecular formula is C18H25N5O2. The number of aromatic amines is 1. The molecule has 1 aliphatic heterocycles. The first-order chi connectivity index (χ1) is 12.1. The summed E-state index contributed by atoms with van der Waals surface area (Å²) in [7, 11) is 0. The molecule has 1 aliphatic rings. The number of amides is 1. The molecule has 3 rings (SSSR count). The zero-order valence-corrected chi connectivity index (χ0v) is 15.1. The van der Waals surface area contributed by atoms with E-state index in [0.717, 1.165) is 41.2 Å². The van der Waals surface area contributed by atoms with E-state index in [1.807, 2.05) is 25.7 Å². The van der Waals surface area contributed by atoms with Gasteiger partial charge in [-0.25, -0.2) is 0 Å². The first-order valence-corrected chi connectivity index (χ1v) is 8.70. The Morgan fingerprint density at radius 1 is 1.28 bits per heavy atom. The molecule has 3 heterocycles. The van der Waals surface area contributed by atoms with Crippen molar-refractivity contribution in [1.29, 1.82) is 0 Å². The maximum Gasteiger partial charge on any atom is 0.227 e. The van der Waals surface area contributed by atoms with Crippen LogP contribution in [0.1, 0.15) is 34.8 Å². The van der Waals surface area contributed by atoms with Gasteiger partial charge in [-0.1, -0.05) is 0 Å². The van der Waals surface area contributed by atoms with Crippen LogP contribution in [0.5, 0.6) is 0 Å². The number of carbonyl (C=O) groups excluding carboxylic acids is 1. The molecule has 1 atom stereocenters. The third kappa shape index (κ3) is 4.04. The van der Waals surface area contributed by atoms with Crippen LogP contribution in [0.2, 0.25) is 0 Å². The lowest BCUT2D eigenvalue weighted by Gasteiger charge is -2.36. The number of hydrogen-bond acceptors (Lipinski definition) is 5. The summed E-state index contributed by atoms with van der Waals surface area (Å²) in [5.41, 5.74) is 4.79. The molecule has 0 spiro atoms. The second-order valence-electron chi connectivity index (χ2n) is 6.53. The zero-order chi connectivity index (χ0) is 17.8. The minimum Gasteiger partial charge on any atom is -0.377 e. The highest BCUT2D eigenvalue weighted by molar-refractivity contribution is 5.79. The normalized spacial score (nSPS) is 17.7. The molecule has 25 heavy (non-hydrogen) atoms. The standard InChI is InChI=1S/C18H25N5O2/c1-12-16(13(2)22-21-12)10-18(24)23-8-9-25-11-15(23)4-5-17-14(3)19-6-7-20-17/h6-7,15H,4-5,8-11H2,1-3H3,(H,21,22). The van der Waals surface area contributed by atoms with E-state index in [1.165, 1.54) is 0 Å². The Hall–Kier alpha value is -2.28. The quantitative estimate of drug-likeness (QED) is 0.890. The molecule has 1 unspecified atom stereocenters. The second-order valence-corrected chi connectivity index (χ2v) is 6.53. The fourth-order valence-corrected chi connectivity index (χ4v) is 3.29. The van der Waals surface area contributed by atoms with E-state index in [0.29, 0.717) is 26.2 Å². The minimum atomic E-state index is 0.0789. The van der Waals surface area contributed by atoms with Crippen LogP contribution in [-0.4, -0.2) is 56.8 Å². The molecule has 7 heteroatoms. The molecule has 134 valence electrons. The molecule has 1 saturated heterocycles. The predicted octanol–water partition coefficient (Wildman–Crippen LogP) is 1.53. The van der Waals surface area contributed by atoms with E-state index in [2.05, 4.69) is 20.2 Å². The Bertz CT molecular complexity index is 723. The summed E-state index contributed by atoms with van der Waals surface area (Å²) in [6, 6.07) is 0.0789. The smallest absolute Gasteiger partial charge is 0.227 e. The average Bonchev–Trinajstić information content (AvgIpc) is 2.93. The van der Waals surface area contributed by atoms with Crippen molar-refractivity contribution in [2.75, 3.05) is 19.8 Å². The molecule has 2 aromatic rings. The highest BCUT2D eigenvalue weighted by Gasteiger charge is 2.28. The van der Waals surface area contributed by atoms with Crippen LogP contribution in [-0.2, 0) is 22.4 Å². The van der Waals surface area contributed by atoms with Crippen molar-refractivity contribution in [3.05, 3.63) is 40.7 Å². The lowest BCUT2D eigenvalue weighted by atomic mass is 10.0. The number of ether oxygens (including phenoxy) is 1. The molecule has 1 fully saturated rings. The van der Waals surface area contributed by atoms with Crippen LogP contribution < -0.4 is 0 Å². The molecule has 1 amide bonds. The number of aryl methyl sites for hydroxylation is 4. The summed E-state index contributed by atoms with van der Waals surface area (Å²) < 4.78 is 5.62. The number of hydrogen-bond donors (Lipinski definition) is 1. The van der Waals surface area contributed by atoms with Crippen LogP contribution in [0.3, 0.4) is 0 Å². The van der Waals surface area contributed by atoms with Crippen LogP contribution >= 0.6 is 0 Å². The van der Waals surface area contributed by atoms with Gasteiger partial charge in [-0.15, -0.1) is 0 Å². The molecule has 0 bridgehead atoms. The van der Waals surface area contributed by atoms with Crippen LogP contribution in [0.4, 0.5) is 0 Å². The second kappa shape index (κ2) is 7.74. The number of morpholine rings is 1. The number of aromatic nitrogens is 4. The van der Waals surface area contributed by atoms with Crippen molar-refractivity contribution in [2.24, 2.45) is 0 Å². The van der Waals surface area contributed by atoms with Crippen molar-refractivity contribution in [3.63, 3.8) is 0 Å². The Kier molecular flexibility index (Phi) is 5.43. The summed E-state index contributed by atoms with van der Waals surface area (Å²) in [4.78, 5) is 23.5. The van der Waals surface area contributed by atoms with E-state index in [4.69, 9.17) is 4.74 Å². The highest BCUT2D eigenvalue weighted by Crippen LogP contribution is 2.18. The average molecular weight is 343 g/mol. The summed E-state index contributed by atoms with van der Waals surface area (Å²) in [5.74, 6) is 0.136. The van der Waals surface area contributed by atoms with E-state index in [-0.39, 0.29) is 11.9 Å². The first kappa shape index (κ1) is 17.5. The monoisotopic (exact) mass is 343 g/mol.